The van der Waals surface area contributed by atoms with Crippen molar-refractivity contribution in [3.8, 4) is 5.75 Å². The summed E-state index contributed by atoms with van der Waals surface area (Å²) in [5, 5.41) is 4.12. The number of aromatic nitrogens is 3. The van der Waals surface area contributed by atoms with Crippen molar-refractivity contribution in [3.05, 3.63) is 41.7 Å². The molecule has 0 aliphatic heterocycles. The summed E-state index contributed by atoms with van der Waals surface area (Å²) in [6.07, 6.45) is 1.48. The third-order valence-corrected chi connectivity index (χ3v) is 2.97. The van der Waals surface area contributed by atoms with E-state index < -0.39 is 0 Å². The molecule has 0 bridgehead atoms. The number of nitrogens with zero attached hydrogens (tertiary/aromatic N) is 3. The lowest BCUT2D eigenvalue weighted by Gasteiger charge is -2.12. The van der Waals surface area contributed by atoms with Gasteiger partial charge in [0, 0.05) is 23.7 Å². The highest BCUT2D eigenvalue weighted by Gasteiger charge is 2.10. The Morgan fingerprint density at radius 2 is 2.10 bits per heavy atom. The number of hydrogen-bond donors (Lipinski definition) is 1. The molecule has 0 unspecified atom stereocenters. The number of hydrogen-bond acceptors (Lipinski definition) is 4. The summed E-state index contributed by atoms with van der Waals surface area (Å²) in [5.41, 5.74) is 6.14. The van der Waals surface area contributed by atoms with Crippen LogP contribution in [-0.2, 0) is 6.61 Å². The molecule has 0 aliphatic carbocycles. The highest BCUT2D eigenvalue weighted by atomic mass is 19.1. The average Bonchev–Trinajstić information content (AvgIpc) is 2.84. The van der Waals surface area contributed by atoms with Gasteiger partial charge in [-0.15, -0.1) is 0 Å². The predicted octanol–water partition coefficient (Wildman–Crippen LogP) is 2.60. The van der Waals surface area contributed by atoms with E-state index in [9.17, 15) is 4.39 Å². The van der Waals surface area contributed by atoms with Crippen LogP contribution in [0.5, 0.6) is 5.75 Å². The number of ether oxygens (including phenoxy) is 1. The van der Waals surface area contributed by atoms with E-state index in [1.165, 1.54) is 12.4 Å². The average molecular weight is 278 g/mol. The predicted molar refractivity (Wildman–Crippen MR) is 73.7 cm³/mol. The summed E-state index contributed by atoms with van der Waals surface area (Å²) in [5.74, 6) is 0.796. The molecule has 0 amide bonds. The highest BCUT2D eigenvalue weighted by Crippen LogP contribution is 2.21. The summed E-state index contributed by atoms with van der Waals surface area (Å²) in [4.78, 5) is 4.13. The van der Waals surface area contributed by atoms with Crippen LogP contribution in [0.25, 0.3) is 0 Å². The van der Waals surface area contributed by atoms with Crippen LogP contribution < -0.4 is 10.5 Å². The molecule has 2 aromatic rings. The maximum atomic E-state index is 13.8. The quantitative estimate of drug-likeness (QED) is 0.913. The van der Waals surface area contributed by atoms with Gasteiger partial charge in [-0.3, -0.25) is 0 Å². The summed E-state index contributed by atoms with van der Waals surface area (Å²) in [6, 6.07) is 4.55. The molecule has 0 fully saturated rings. The van der Waals surface area contributed by atoms with Crippen LogP contribution in [0.1, 0.15) is 44.2 Å². The topological polar surface area (TPSA) is 66.0 Å². The van der Waals surface area contributed by atoms with Gasteiger partial charge < -0.3 is 10.5 Å². The largest absolute Gasteiger partial charge is 0.486 e. The van der Waals surface area contributed by atoms with Crippen LogP contribution in [0.2, 0.25) is 0 Å². The third kappa shape index (κ3) is 3.14. The maximum Gasteiger partial charge on any atom is 0.165 e. The molecule has 0 spiro atoms. The van der Waals surface area contributed by atoms with Crippen molar-refractivity contribution in [3.63, 3.8) is 0 Å². The highest BCUT2D eigenvalue weighted by molar-refractivity contribution is 5.30. The molecule has 0 saturated carbocycles. The zero-order valence-corrected chi connectivity index (χ0v) is 11.9. The number of rotatable bonds is 5. The molecule has 0 aliphatic rings. The molecule has 5 nitrogen and oxygen atoms in total. The smallest absolute Gasteiger partial charge is 0.165 e. The molecule has 1 atom stereocenters. The first-order valence-corrected chi connectivity index (χ1v) is 6.55. The van der Waals surface area contributed by atoms with Crippen LogP contribution in [0.3, 0.4) is 0 Å². The second-order valence-corrected chi connectivity index (χ2v) is 4.98. The molecule has 1 heterocycles. The lowest BCUT2D eigenvalue weighted by molar-refractivity contribution is 0.281. The fourth-order valence-corrected chi connectivity index (χ4v) is 1.92. The monoisotopic (exact) mass is 278 g/mol. The molecule has 6 heteroatoms. The van der Waals surface area contributed by atoms with Crippen LogP contribution >= 0.6 is 0 Å². The first-order valence-electron chi connectivity index (χ1n) is 6.55. The molecule has 0 radical (unpaired) electrons. The van der Waals surface area contributed by atoms with Crippen LogP contribution in [0.4, 0.5) is 4.39 Å². The van der Waals surface area contributed by atoms with Crippen LogP contribution in [-0.4, -0.2) is 14.8 Å². The van der Waals surface area contributed by atoms with Gasteiger partial charge in [-0.1, -0.05) is 6.07 Å². The third-order valence-electron chi connectivity index (χ3n) is 2.97. The number of benzene rings is 1. The van der Waals surface area contributed by atoms with Gasteiger partial charge >= 0.3 is 0 Å². The van der Waals surface area contributed by atoms with Gasteiger partial charge in [-0.05, 0) is 26.8 Å². The van der Waals surface area contributed by atoms with E-state index in [0.29, 0.717) is 17.1 Å². The Balaban J connectivity index is 2.08. The molecular weight excluding hydrogens is 259 g/mol. The SMILES string of the molecule is CC(C)n1ncnc1COc1ccc([C@H](C)N)c(F)c1. The first-order chi connectivity index (χ1) is 9.49. The van der Waals surface area contributed by atoms with E-state index in [0.717, 1.165) is 0 Å². The van der Waals surface area contributed by atoms with E-state index in [1.807, 2.05) is 13.8 Å². The van der Waals surface area contributed by atoms with Crippen molar-refractivity contribution in [2.45, 2.75) is 39.5 Å². The van der Waals surface area contributed by atoms with Crippen LogP contribution in [0, 0.1) is 5.82 Å². The summed E-state index contributed by atoms with van der Waals surface area (Å²) >= 11 is 0. The van der Waals surface area contributed by atoms with Crippen molar-refractivity contribution in [2.24, 2.45) is 5.73 Å². The fourth-order valence-electron chi connectivity index (χ4n) is 1.92. The second kappa shape index (κ2) is 6.00. The molecule has 2 N–H and O–H groups in total. The second-order valence-electron chi connectivity index (χ2n) is 4.98. The van der Waals surface area contributed by atoms with E-state index >= 15 is 0 Å². The van der Waals surface area contributed by atoms with Gasteiger partial charge in [0.25, 0.3) is 0 Å². The van der Waals surface area contributed by atoms with Crippen molar-refractivity contribution in [1.29, 1.82) is 0 Å². The molecular formula is C14H19FN4O. The van der Waals surface area contributed by atoms with Gasteiger partial charge in [-0.2, -0.15) is 5.10 Å². The van der Waals surface area contributed by atoms with E-state index in [-0.39, 0.29) is 24.5 Å². The molecule has 2 rings (SSSR count). The standard InChI is InChI=1S/C14H19FN4O/c1-9(2)19-14(17-8-18-19)7-20-11-4-5-12(10(3)16)13(15)6-11/h4-6,8-10H,7,16H2,1-3H3/t10-/m0/s1. The summed E-state index contributed by atoms with van der Waals surface area (Å²) < 4.78 is 21.1. The zero-order chi connectivity index (χ0) is 14.7. The lowest BCUT2D eigenvalue weighted by atomic mass is 10.1. The van der Waals surface area contributed by atoms with E-state index in [1.54, 1.807) is 23.7 Å². The normalized spacial score (nSPS) is 12.7. The van der Waals surface area contributed by atoms with Crippen molar-refractivity contribution >= 4 is 0 Å². The Morgan fingerprint density at radius 1 is 1.35 bits per heavy atom. The van der Waals surface area contributed by atoms with Crippen molar-refractivity contribution in [2.75, 3.05) is 0 Å². The lowest BCUT2D eigenvalue weighted by Crippen LogP contribution is -2.11. The van der Waals surface area contributed by atoms with Gasteiger partial charge in [0.1, 0.15) is 24.5 Å². The number of nitrogens with two attached hydrogens (primary N) is 1. The Labute approximate surface area is 117 Å². The Morgan fingerprint density at radius 3 is 2.70 bits per heavy atom. The minimum absolute atomic E-state index is 0.202. The van der Waals surface area contributed by atoms with Gasteiger partial charge in [0.15, 0.2) is 5.82 Å². The Kier molecular flexibility index (Phi) is 4.34. The minimum Gasteiger partial charge on any atom is -0.486 e. The molecule has 1 aromatic carbocycles. The Bertz CT molecular complexity index is 580. The van der Waals surface area contributed by atoms with Crippen LogP contribution in [0.15, 0.2) is 24.5 Å². The summed E-state index contributed by atoms with van der Waals surface area (Å²) in [7, 11) is 0. The van der Waals surface area contributed by atoms with Gasteiger partial charge in [0.2, 0.25) is 0 Å². The van der Waals surface area contributed by atoms with Gasteiger partial charge in [-0.25, -0.2) is 14.1 Å². The van der Waals surface area contributed by atoms with Gasteiger partial charge in [0.05, 0.1) is 0 Å². The van der Waals surface area contributed by atoms with Crippen molar-refractivity contribution in [1.82, 2.24) is 14.8 Å². The molecule has 108 valence electrons. The maximum absolute atomic E-state index is 13.8. The fraction of sp³-hybridized carbons (Fsp3) is 0.429. The van der Waals surface area contributed by atoms with Crippen molar-refractivity contribution < 1.29 is 9.13 Å². The van der Waals surface area contributed by atoms with E-state index in [2.05, 4.69) is 10.1 Å². The first kappa shape index (κ1) is 14.5. The molecule has 20 heavy (non-hydrogen) atoms. The molecule has 0 saturated heterocycles. The zero-order valence-electron chi connectivity index (χ0n) is 11.9. The number of halogens is 1. The molecule has 1 aromatic heterocycles. The van der Waals surface area contributed by atoms with E-state index in [4.69, 9.17) is 10.5 Å². The summed E-state index contributed by atoms with van der Waals surface area (Å²) in [6.45, 7) is 6.00. The Hall–Kier alpha value is -1.95. The minimum atomic E-state index is -0.358.